The van der Waals surface area contributed by atoms with Gasteiger partial charge < -0.3 is 19.7 Å². The fraction of sp³-hybridized carbons (Fsp3) is 0.435. The van der Waals surface area contributed by atoms with Crippen molar-refractivity contribution in [3.63, 3.8) is 0 Å². The molecule has 0 fully saturated rings. The summed E-state index contributed by atoms with van der Waals surface area (Å²) in [5.74, 6) is 2.02. The van der Waals surface area contributed by atoms with Crippen molar-refractivity contribution in [1.29, 1.82) is 0 Å². The normalized spacial score (nSPS) is 14.0. The maximum Gasteiger partial charge on any atom is 0.236 e. The van der Waals surface area contributed by atoms with Crippen LogP contribution in [0.25, 0.3) is 0 Å². The molecule has 1 atom stereocenters. The first-order valence-corrected chi connectivity index (χ1v) is 10.0. The summed E-state index contributed by atoms with van der Waals surface area (Å²) in [6.45, 7) is 9.02. The van der Waals surface area contributed by atoms with E-state index in [0.717, 1.165) is 17.1 Å². The van der Waals surface area contributed by atoms with E-state index < -0.39 is 0 Å². The van der Waals surface area contributed by atoms with E-state index in [-0.39, 0.29) is 11.9 Å². The molecule has 5 heteroatoms. The zero-order chi connectivity index (χ0) is 19.9. The molecule has 2 aromatic rings. The molecule has 1 aliphatic heterocycles. The Balaban J connectivity index is 1.61. The molecule has 1 N–H and O–H groups in total. The standard InChI is InChI=1S/C23H30N2O3/c1-4-25(16-18-10-11-20-21(14-18)28-13-12-27-20)22(26)15-24-23(17(2)3)19-8-6-5-7-9-19/h5-11,14,17,23-24H,4,12-13,15-16H2,1-3H3. The summed E-state index contributed by atoms with van der Waals surface area (Å²) in [7, 11) is 0. The lowest BCUT2D eigenvalue weighted by molar-refractivity contribution is -0.130. The Morgan fingerprint density at radius 3 is 2.46 bits per heavy atom. The lowest BCUT2D eigenvalue weighted by atomic mass is 9.96. The van der Waals surface area contributed by atoms with Gasteiger partial charge in [0.15, 0.2) is 11.5 Å². The van der Waals surface area contributed by atoms with Crippen molar-refractivity contribution in [3.8, 4) is 11.5 Å². The first-order valence-electron chi connectivity index (χ1n) is 10.0. The molecule has 1 aliphatic rings. The van der Waals surface area contributed by atoms with Crippen molar-refractivity contribution in [1.82, 2.24) is 10.2 Å². The number of hydrogen-bond acceptors (Lipinski definition) is 4. The molecule has 0 bridgehead atoms. The first kappa shape index (κ1) is 20.2. The Hall–Kier alpha value is -2.53. The van der Waals surface area contributed by atoms with Gasteiger partial charge in [-0.15, -0.1) is 0 Å². The fourth-order valence-electron chi connectivity index (χ4n) is 3.49. The van der Waals surface area contributed by atoms with Crippen molar-refractivity contribution in [2.75, 3.05) is 26.3 Å². The molecule has 5 nitrogen and oxygen atoms in total. The zero-order valence-electron chi connectivity index (χ0n) is 17.0. The molecule has 150 valence electrons. The van der Waals surface area contributed by atoms with Crippen molar-refractivity contribution in [2.24, 2.45) is 5.92 Å². The first-order chi connectivity index (χ1) is 13.6. The third kappa shape index (κ3) is 5.04. The van der Waals surface area contributed by atoms with Crippen LogP contribution in [-0.4, -0.2) is 37.1 Å². The molecule has 0 radical (unpaired) electrons. The molecular formula is C23H30N2O3. The van der Waals surface area contributed by atoms with E-state index >= 15 is 0 Å². The molecule has 1 heterocycles. The topological polar surface area (TPSA) is 50.8 Å². The van der Waals surface area contributed by atoms with Gasteiger partial charge in [-0.2, -0.15) is 0 Å². The van der Waals surface area contributed by atoms with Gasteiger partial charge in [0.1, 0.15) is 13.2 Å². The fourth-order valence-corrected chi connectivity index (χ4v) is 3.49. The minimum atomic E-state index is 0.0963. The Labute approximate surface area is 167 Å². The monoisotopic (exact) mass is 382 g/mol. The summed E-state index contributed by atoms with van der Waals surface area (Å²) >= 11 is 0. The van der Waals surface area contributed by atoms with E-state index in [9.17, 15) is 4.79 Å². The average Bonchev–Trinajstić information content (AvgIpc) is 2.72. The average molecular weight is 383 g/mol. The molecule has 28 heavy (non-hydrogen) atoms. The second-order valence-corrected chi connectivity index (χ2v) is 7.40. The number of carbonyl (C=O) groups is 1. The quantitative estimate of drug-likeness (QED) is 0.755. The molecule has 0 saturated heterocycles. The van der Waals surface area contributed by atoms with Crippen LogP contribution in [0.5, 0.6) is 11.5 Å². The van der Waals surface area contributed by atoms with Gasteiger partial charge in [0.2, 0.25) is 5.91 Å². The third-order valence-corrected chi connectivity index (χ3v) is 5.01. The van der Waals surface area contributed by atoms with Crippen LogP contribution in [0, 0.1) is 5.92 Å². The van der Waals surface area contributed by atoms with E-state index in [4.69, 9.17) is 9.47 Å². The Morgan fingerprint density at radius 2 is 1.79 bits per heavy atom. The van der Waals surface area contributed by atoms with E-state index in [1.54, 1.807) is 0 Å². The highest BCUT2D eigenvalue weighted by Gasteiger charge is 2.19. The zero-order valence-corrected chi connectivity index (χ0v) is 17.0. The van der Waals surface area contributed by atoms with Crippen molar-refractivity contribution < 1.29 is 14.3 Å². The molecular weight excluding hydrogens is 352 g/mol. The maximum absolute atomic E-state index is 12.8. The predicted octanol–water partition coefficient (Wildman–Crippen LogP) is 3.79. The van der Waals surface area contributed by atoms with Gasteiger partial charge in [-0.05, 0) is 36.1 Å². The number of nitrogens with zero attached hydrogens (tertiary/aromatic N) is 1. The highest BCUT2D eigenvalue weighted by Crippen LogP contribution is 2.31. The molecule has 0 spiro atoms. The van der Waals surface area contributed by atoms with E-state index in [1.807, 2.05) is 48.2 Å². The Kier molecular flexibility index (Phi) is 6.93. The van der Waals surface area contributed by atoms with Gasteiger partial charge in [0, 0.05) is 19.1 Å². The second-order valence-electron chi connectivity index (χ2n) is 7.40. The van der Waals surface area contributed by atoms with Crippen LogP contribution in [0.15, 0.2) is 48.5 Å². The molecule has 0 aromatic heterocycles. The van der Waals surface area contributed by atoms with Crippen molar-refractivity contribution in [3.05, 3.63) is 59.7 Å². The third-order valence-electron chi connectivity index (χ3n) is 5.01. The Morgan fingerprint density at radius 1 is 1.07 bits per heavy atom. The van der Waals surface area contributed by atoms with E-state index in [0.29, 0.717) is 38.8 Å². The summed E-state index contributed by atoms with van der Waals surface area (Å²) in [6.07, 6.45) is 0. The predicted molar refractivity (Wildman–Crippen MR) is 111 cm³/mol. The Bertz CT molecular complexity index is 777. The van der Waals surface area contributed by atoms with Crippen LogP contribution in [0.3, 0.4) is 0 Å². The minimum Gasteiger partial charge on any atom is -0.486 e. The summed E-state index contributed by atoms with van der Waals surface area (Å²) in [4.78, 5) is 14.7. The smallest absolute Gasteiger partial charge is 0.236 e. The number of amides is 1. The molecule has 0 saturated carbocycles. The number of likely N-dealkylation sites (N-methyl/N-ethyl adjacent to an activating group) is 1. The van der Waals surface area contributed by atoms with E-state index in [2.05, 4.69) is 31.3 Å². The summed E-state index contributed by atoms with van der Waals surface area (Å²) < 4.78 is 11.2. The van der Waals surface area contributed by atoms with Gasteiger partial charge in [-0.25, -0.2) is 0 Å². The van der Waals surface area contributed by atoms with Gasteiger partial charge in [0.05, 0.1) is 6.54 Å². The number of benzene rings is 2. The summed E-state index contributed by atoms with van der Waals surface area (Å²) in [5, 5.41) is 3.45. The molecule has 3 rings (SSSR count). The highest BCUT2D eigenvalue weighted by atomic mass is 16.6. The SMILES string of the molecule is CCN(Cc1ccc2c(c1)OCCO2)C(=O)CNC(c1ccccc1)C(C)C. The number of hydrogen-bond donors (Lipinski definition) is 1. The van der Waals surface area contributed by atoms with Crippen LogP contribution < -0.4 is 14.8 Å². The summed E-state index contributed by atoms with van der Waals surface area (Å²) in [5.41, 5.74) is 2.25. The van der Waals surface area contributed by atoms with Gasteiger partial charge in [0.25, 0.3) is 0 Å². The van der Waals surface area contributed by atoms with Crippen LogP contribution in [0.2, 0.25) is 0 Å². The van der Waals surface area contributed by atoms with Gasteiger partial charge in [-0.3, -0.25) is 4.79 Å². The second kappa shape index (κ2) is 9.60. The van der Waals surface area contributed by atoms with Crippen LogP contribution in [-0.2, 0) is 11.3 Å². The lowest BCUT2D eigenvalue weighted by Crippen LogP contribution is -2.40. The number of ether oxygens (including phenoxy) is 2. The van der Waals surface area contributed by atoms with Crippen molar-refractivity contribution >= 4 is 5.91 Å². The van der Waals surface area contributed by atoms with Crippen molar-refractivity contribution in [2.45, 2.75) is 33.4 Å². The van der Waals surface area contributed by atoms with E-state index in [1.165, 1.54) is 5.56 Å². The molecule has 1 unspecified atom stereocenters. The number of rotatable bonds is 8. The van der Waals surface area contributed by atoms with Gasteiger partial charge >= 0.3 is 0 Å². The lowest BCUT2D eigenvalue weighted by Gasteiger charge is -2.26. The van der Waals surface area contributed by atoms with Gasteiger partial charge in [-0.1, -0.05) is 50.2 Å². The molecule has 0 aliphatic carbocycles. The number of nitrogens with one attached hydrogen (secondary N) is 1. The largest absolute Gasteiger partial charge is 0.486 e. The number of fused-ring (bicyclic) bond motifs is 1. The van der Waals surface area contributed by atoms with Crippen LogP contribution >= 0.6 is 0 Å². The number of carbonyl (C=O) groups excluding carboxylic acids is 1. The molecule has 1 amide bonds. The molecule has 2 aromatic carbocycles. The maximum atomic E-state index is 12.8. The van der Waals surface area contributed by atoms with Crippen LogP contribution in [0.1, 0.15) is 37.9 Å². The summed E-state index contributed by atoms with van der Waals surface area (Å²) in [6, 6.07) is 16.3. The van der Waals surface area contributed by atoms with Crippen LogP contribution in [0.4, 0.5) is 0 Å². The minimum absolute atomic E-state index is 0.0963. The highest BCUT2D eigenvalue weighted by molar-refractivity contribution is 5.78.